The number of rotatable bonds is 7. The van der Waals surface area contributed by atoms with Gasteiger partial charge in [0, 0.05) is 24.7 Å². The molecule has 0 aliphatic carbocycles. The van der Waals surface area contributed by atoms with Crippen LogP contribution in [0.4, 0.5) is 0 Å². The van der Waals surface area contributed by atoms with Crippen molar-refractivity contribution in [2.24, 2.45) is 5.73 Å². The number of hydrogen-bond acceptors (Lipinski definition) is 3. The first kappa shape index (κ1) is 15.9. The maximum atomic E-state index is 6.08. The van der Waals surface area contributed by atoms with E-state index in [0.29, 0.717) is 6.04 Å². The van der Waals surface area contributed by atoms with Crippen molar-refractivity contribution in [1.82, 2.24) is 9.80 Å². The fraction of sp³-hybridized carbons (Fsp3) is 1.00. The van der Waals surface area contributed by atoms with Crippen LogP contribution in [0.5, 0.6) is 0 Å². The van der Waals surface area contributed by atoms with E-state index in [4.69, 9.17) is 5.73 Å². The molecule has 108 valence electrons. The zero-order valence-electron chi connectivity index (χ0n) is 12.9. The quantitative estimate of drug-likeness (QED) is 0.709. The molecule has 0 saturated carbocycles. The Kier molecular flexibility index (Phi) is 6.61. The minimum Gasteiger partial charge on any atom is -0.329 e. The number of nitrogens with two attached hydrogens (primary N) is 1. The predicted octanol–water partition coefficient (Wildman–Crippen LogP) is 2.31. The molecule has 1 heterocycles. The molecule has 1 aliphatic rings. The topological polar surface area (TPSA) is 32.5 Å². The third-order valence-electron chi connectivity index (χ3n) is 4.76. The standard InChI is InChI=1S/C15H33N3/c1-5-6-7-10-15(2,13-16)18(4)14-9-8-11-17(3)12-14/h14H,5-13,16H2,1-4H3. The van der Waals surface area contributed by atoms with Gasteiger partial charge in [-0.2, -0.15) is 0 Å². The highest BCUT2D eigenvalue weighted by molar-refractivity contribution is 4.91. The minimum absolute atomic E-state index is 0.179. The van der Waals surface area contributed by atoms with E-state index in [1.807, 2.05) is 0 Å². The second kappa shape index (κ2) is 7.46. The lowest BCUT2D eigenvalue weighted by Crippen LogP contribution is -2.57. The van der Waals surface area contributed by atoms with Gasteiger partial charge in [0.25, 0.3) is 0 Å². The van der Waals surface area contributed by atoms with E-state index >= 15 is 0 Å². The Morgan fingerprint density at radius 1 is 1.39 bits per heavy atom. The summed E-state index contributed by atoms with van der Waals surface area (Å²) in [6.45, 7) is 7.82. The average molecular weight is 255 g/mol. The molecule has 1 saturated heterocycles. The SMILES string of the molecule is CCCCCC(C)(CN)N(C)C1CCCN(C)C1. The van der Waals surface area contributed by atoms with E-state index in [-0.39, 0.29) is 5.54 Å². The van der Waals surface area contributed by atoms with Crippen molar-refractivity contribution in [2.45, 2.75) is 64.0 Å². The fourth-order valence-corrected chi connectivity index (χ4v) is 3.07. The van der Waals surface area contributed by atoms with Crippen LogP contribution in [0.15, 0.2) is 0 Å². The molecule has 1 aliphatic heterocycles. The molecule has 0 aromatic heterocycles. The van der Waals surface area contributed by atoms with Crippen LogP contribution in [0, 0.1) is 0 Å². The van der Waals surface area contributed by atoms with Crippen LogP contribution in [0.25, 0.3) is 0 Å². The summed E-state index contributed by atoms with van der Waals surface area (Å²) >= 11 is 0. The summed E-state index contributed by atoms with van der Waals surface area (Å²) in [6, 6.07) is 0.680. The number of nitrogens with zero attached hydrogens (tertiary/aromatic N) is 2. The van der Waals surface area contributed by atoms with Gasteiger partial charge in [-0.3, -0.25) is 4.90 Å². The summed E-state index contributed by atoms with van der Waals surface area (Å²) in [6.07, 6.45) is 7.79. The molecule has 1 fully saturated rings. The minimum atomic E-state index is 0.179. The number of likely N-dealkylation sites (tertiary alicyclic amines) is 1. The van der Waals surface area contributed by atoms with Gasteiger partial charge >= 0.3 is 0 Å². The molecule has 0 bridgehead atoms. The average Bonchev–Trinajstić information content (AvgIpc) is 2.38. The Balaban J connectivity index is 2.55. The summed E-state index contributed by atoms with van der Waals surface area (Å²) in [5.41, 5.74) is 6.25. The highest BCUT2D eigenvalue weighted by atomic mass is 15.3. The van der Waals surface area contributed by atoms with Crippen molar-refractivity contribution in [3.05, 3.63) is 0 Å². The Labute approximate surface area is 114 Å². The Morgan fingerprint density at radius 3 is 2.67 bits per heavy atom. The monoisotopic (exact) mass is 255 g/mol. The van der Waals surface area contributed by atoms with Crippen molar-refractivity contribution in [3.8, 4) is 0 Å². The van der Waals surface area contributed by atoms with Crippen LogP contribution >= 0.6 is 0 Å². The molecule has 2 N–H and O–H groups in total. The zero-order valence-corrected chi connectivity index (χ0v) is 12.9. The molecule has 18 heavy (non-hydrogen) atoms. The molecule has 0 aromatic carbocycles. The Bertz CT molecular complexity index is 232. The lowest BCUT2D eigenvalue weighted by Gasteiger charge is -2.46. The van der Waals surface area contributed by atoms with E-state index in [1.165, 1.54) is 51.6 Å². The number of piperidine rings is 1. The van der Waals surface area contributed by atoms with Crippen LogP contribution in [-0.2, 0) is 0 Å². The maximum Gasteiger partial charge on any atom is 0.0304 e. The van der Waals surface area contributed by atoms with Gasteiger partial charge in [0.1, 0.15) is 0 Å². The molecular formula is C15H33N3. The van der Waals surface area contributed by atoms with Gasteiger partial charge in [-0.05, 0) is 46.8 Å². The third-order valence-corrected chi connectivity index (χ3v) is 4.76. The Hall–Kier alpha value is -0.120. The predicted molar refractivity (Wildman–Crippen MR) is 79.9 cm³/mol. The van der Waals surface area contributed by atoms with E-state index in [9.17, 15) is 0 Å². The second-order valence-electron chi connectivity index (χ2n) is 6.33. The van der Waals surface area contributed by atoms with Crippen molar-refractivity contribution in [2.75, 3.05) is 33.7 Å². The lowest BCUT2D eigenvalue weighted by atomic mass is 9.89. The molecule has 3 nitrogen and oxygen atoms in total. The second-order valence-corrected chi connectivity index (χ2v) is 6.33. The smallest absolute Gasteiger partial charge is 0.0304 e. The van der Waals surface area contributed by atoms with Crippen molar-refractivity contribution >= 4 is 0 Å². The van der Waals surface area contributed by atoms with Crippen LogP contribution in [0.2, 0.25) is 0 Å². The zero-order chi connectivity index (χ0) is 13.6. The number of hydrogen-bond donors (Lipinski definition) is 1. The van der Waals surface area contributed by atoms with Gasteiger partial charge in [-0.25, -0.2) is 0 Å². The molecule has 0 aromatic rings. The molecule has 1 rings (SSSR count). The van der Waals surface area contributed by atoms with Crippen molar-refractivity contribution in [3.63, 3.8) is 0 Å². The fourth-order valence-electron chi connectivity index (χ4n) is 3.07. The van der Waals surface area contributed by atoms with E-state index in [0.717, 1.165) is 6.54 Å². The van der Waals surface area contributed by atoms with Crippen LogP contribution < -0.4 is 5.73 Å². The number of likely N-dealkylation sites (N-methyl/N-ethyl adjacent to an activating group) is 2. The summed E-state index contributed by atoms with van der Waals surface area (Å²) in [5, 5.41) is 0. The van der Waals surface area contributed by atoms with Gasteiger partial charge in [0.2, 0.25) is 0 Å². The first-order valence-corrected chi connectivity index (χ1v) is 7.65. The van der Waals surface area contributed by atoms with E-state index in [2.05, 4.69) is 37.7 Å². The summed E-state index contributed by atoms with van der Waals surface area (Å²) in [5.74, 6) is 0. The van der Waals surface area contributed by atoms with Crippen molar-refractivity contribution < 1.29 is 0 Å². The highest BCUT2D eigenvalue weighted by Crippen LogP contribution is 2.26. The summed E-state index contributed by atoms with van der Waals surface area (Å²) in [7, 11) is 4.51. The van der Waals surface area contributed by atoms with Gasteiger partial charge in [-0.1, -0.05) is 26.2 Å². The van der Waals surface area contributed by atoms with Crippen LogP contribution in [0.3, 0.4) is 0 Å². The summed E-state index contributed by atoms with van der Waals surface area (Å²) < 4.78 is 0. The lowest BCUT2D eigenvalue weighted by molar-refractivity contribution is 0.0420. The van der Waals surface area contributed by atoms with E-state index < -0.39 is 0 Å². The van der Waals surface area contributed by atoms with Gasteiger partial charge in [0.15, 0.2) is 0 Å². The molecule has 2 unspecified atom stereocenters. The molecule has 0 radical (unpaired) electrons. The van der Waals surface area contributed by atoms with Gasteiger partial charge in [0.05, 0.1) is 0 Å². The Morgan fingerprint density at radius 2 is 2.11 bits per heavy atom. The first-order chi connectivity index (χ1) is 8.53. The molecular weight excluding hydrogens is 222 g/mol. The van der Waals surface area contributed by atoms with Gasteiger partial charge in [-0.15, -0.1) is 0 Å². The summed E-state index contributed by atoms with van der Waals surface area (Å²) in [4.78, 5) is 5.02. The third kappa shape index (κ3) is 4.22. The normalized spacial score (nSPS) is 25.3. The van der Waals surface area contributed by atoms with Crippen LogP contribution in [-0.4, -0.2) is 55.1 Å². The first-order valence-electron chi connectivity index (χ1n) is 7.65. The molecule has 0 spiro atoms. The van der Waals surface area contributed by atoms with Crippen molar-refractivity contribution in [1.29, 1.82) is 0 Å². The largest absolute Gasteiger partial charge is 0.329 e. The number of unbranched alkanes of at least 4 members (excludes halogenated alkanes) is 2. The van der Waals surface area contributed by atoms with Crippen LogP contribution in [0.1, 0.15) is 52.4 Å². The molecule has 3 heteroatoms. The highest BCUT2D eigenvalue weighted by Gasteiger charge is 2.33. The molecule has 2 atom stereocenters. The maximum absolute atomic E-state index is 6.08. The van der Waals surface area contributed by atoms with E-state index in [1.54, 1.807) is 0 Å². The van der Waals surface area contributed by atoms with Gasteiger partial charge < -0.3 is 10.6 Å². The molecule has 0 amide bonds.